The molecule has 0 aliphatic heterocycles. The first kappa shape index (κ1) is 26.3. The van der Waals surface area contributed by atoms with Gasteiger partial charge in [0.05, 0.1) is 12.5 Å². The molecule has 1 heterocycles. The number of hydrogen-bond acceptors (Lipinski definition) is 0. The number of nitrogens with zero attached hydrogens (tertiary/aromatic N) is 1. The third kappa shape index (κ3) is 7.32. The van der Waals surface area contributed by atoms with Crippen LogP contribution < -0.4 is 4.57 Å². The number of aromatic amines is 1. The number of hydrogen-bond donors (Lipinski definition) is 1. The highest BCUT2D eigenvalue weighted by atomic mass is 15.1. The van der Waals surface area contributed by atoms with Gasteiger partial charge in [-0.25, -0.2) is 9.55 Å². The highest BCUT2D eigenvalue weighted by Gasteiger charge is 2.41. The maximum Gasteiger partial charge on any atom is 0.258 e. The van der Waals surface area contributed by atoms with Gasteiger partial charge in [0.15, 0.2) is 0 Å². The molecule has 0 aliphatic rings. The lowest BCUT2D eigenvalue weighted by Gasteiger charge is -2.37. The first-order valence-electron chi connectivity index (χ1n) is 13.8. The van der Waals surface area contributed by atoms with Crippen molar-refractivity contribution in [2.24, 2.45) is 0 Å². The maximum absolute atomic E-state index is 3.72. The topological polar surface area (TPSA) is 19.7 Å². The minimum Gasteiger partial charge on any atom is -0.247 e. The normalized spacial score (nSPS) is 14.1. The minimum atomic E-state index is 0.0179. The summed E-state index contributed by atoms with van der Waals surface area (Å²) in [5, 5.41) is 0. The number of aromatic nitrogens is 2. The van der Waals surface area contributed by atoms with Gasteiger partial charge in [0, 0.05) is 5.41 Å². The van der Waals surface area contributed by atoms with Gasteiger partial charge in [0.1, 0.15) is 12.4 Å². The van der Waals surface area contributed by atoms with E-state index in [1.807, 2.05) is 0 Å². The summed E-state index contributed by atoms with van der Waals surface area (Å²) in [4.78, 5) is 3.72. The zero-order valence-electron chi connectivity index (χ0n) is 21.9. The second kappa shape index (κ2) is 14.1. The number of H-pyrrole nitrogens is 1. The third-order valence-electron chi connectivity index (χ3n) is 7.59. The Hall–Kier alpha value is -2.35. The Morgan fingerprint density at radius 2 is 1.38 bits per heavy atom. The molecular weight excluding hydrogens is 412 g/mol. The summed E-state index contributed by atoms with van der Waals surface area (Å²) in [5.41, 5.74) is 2.88. The SMILES string of the molecule is CCCCCCCC[n+]1cc[nH]c1C(CCCCC)C(C)(Cc1ccccc1)c1ccccc1. The molecule has 0 radical (unpaired) electrons. The van der Waals surface area contributed by atoms with E-state index in [9.17, 15) is 0 Å². The van der Waals surface area contributed by atoms with Gasteiger partial charge < -0.3 is 0 Å². The van der Waals surface area contributed by atoms with E-state index in [-0.39, 0.29) is 5.41 Å². The van der Waals surface area contributed by atoms with Crippen LogP contribution in [0.3, 0.4) is 0 Å². The average molecular weight is 460 g/mol. The van der Waals surface area contributed by atoms with Crippen LogP contribution >= 0.6 is 0 Å². The van der Waals surface area contributed by atoms with E-state index >= 15 is 0 Å². The summed E-state index contributed by atoms with van der Waals surface area (Å²) in [6.07, 6.45) is 18.6. The van der Waals surface area contributed by atoms with E-state index in [1.165, 1.54) is 81.2 Å². The van der Waals surface area contributed by atoms with Crippen LogP contribution in [0.5, 0.6) is 0 Å². The smallest absolute Gasteiger partial charge is 0.247 e. The molecule has 0 saturated carbocycles. The van der Waals surface area contributed by atoms with Crippen molar-refractivity contribution >= 4 is 0 Å². The molecule has 184 valence electrons. The second-order valence-electron chi connectivity index (χ2n) is 10.3. The lowest BCUT2D eigenvalue weighted by molar-refractivity contribution is -0.705. The predicted molar refractivity (Wildman–Crippen MR) is 145 cm³/mol. The van der Waals surface area contributed by atoms with Crippen molar-refractivity contribution in [1.29, 1.82) is 0 Å². The van der Waals surface area contributed by atoms with Crippen molar-refractivity contribution in [2.75, 3.05) is 0 Å². The first-order valence-corrected chi connectivity index (χ1v) is 13.8. The largest absolute Gasteiger partial charge is 0.258 e. The molecule has 0 aliphatic carbocycles. The van der Waals surface area contributed by atoms with Crippen LogP contribution in [0.15, 0.2) is 73.1 Å². The number of imidazole rings is 1. The number of unbranched alkanes of at least 4 members (excludes halogenated alkanes) is 7. The third-order valence-corrected chi connectivity index (χ3v) is 7.59. The maximum atomic E-state index is 3.72. The lowest BCUT2D eigenvalue weighted by atomic mass is 9.66. The van der Waals surface area contributed by atoms with Crippen molar-refractivity contribution in [3.63, 3.8) is 0 Å². The van der Waals surface area contributed by atoms with Gasteiger partial charge in [-0.2, -0.15) is 0 Å². The molecule has 0 saturated heterocycles. The molecule has 1 N–H and O–H groups in total. The minimum absolute atomic E-state index is 0.0179. The fourth-order valence-electron chi connectivity index (χ4n) is 5.55. The Labute approximate surface area is 208 Å². The molecule has 0 bridgehead atoms. The van der Waals surface area contributed by atoms with Crippen molar-refractivity contribution < 1.29 is 4.57 Å². The molecule has 2 heteroatoms. The van der Waals surface area contributed by atoms with E-state index in [1.54, 1.807) is 0 Å². The molecule has 0 amide bonds. The van der Waals surface area contributed by atoms with E-state index in [0.717, 1.165) is 13.0 Å². The van der Waals surface area contributed by atoms with E-state index in [2.05, 4.69) is 103 Å². The van der Waals surface area contributed by atoms with E-state index < -0.39 is 0 Å². The molecule has 2 nitrogen and oxygen atoms in total. The van der Waals surface area contributed by atoms with Crippen molar-refractivity contribution in [2.45, 2.75) is 109 Å². The Balaban J connectivity index is 1.90. The number of benzene rings is 2. The Kier molecular flexibility index (Phi) is 10.9. The van der Waals surface area contributed by atoms with Crippen molar-refractivity contribution in [1.82, 2.24) is 4.98 Å². The molecule has 0 spiro atoms. The average Bonchev–Trinajstić information content (AvgIpc) is 3.33. The highest BCUT2D eigenvalue weighted by Crippen LogP contribution is 2.43. The van der Waals surface area contributed by atoms with Crippen LogP contribution in [-0.2, 0) is 18.4 Å². The molecule has 0 fully saturated rings. The van der Waals surface area contributed by atoms with Crippen LogP contribution in [0.25, 0.3) is 0 Å². The first-order chi connectivity index (χ1) is 16.7. The standard InChI is InChI=1S/C32H46N2/c1-4-6-8-9-10-18-25-34-26-24-33-31(34)30(23-13-7-5-2)32(3,29-21-16-12-17-22-29)27-28-19-14-11-15-20-28/h11-12,14-17,19-22,24,26,30H,4-10,13,18,23,25,27H2,1-3H3/p+1. The summed E-state index contributed by atoms with van der Waals surface area (Å²) in [6.45, 7) is 8.22. The van der Waals surface area contributed by atoms with E-state index in [0.29, 0.717) is 5.92 Å². The molecule has 3 rings (SSSR count). The van der Waals surface area contributed by atoms with E-state index in [4.69, 9.17) is 0 Å². The number of nitrogens with one attached hydrogen (secondary N) is 1. The van der Waals surface area contributed by atoms with Gasteiger partial charge in [-0.15, -0.1) is 0 Å². The highest BCUT2D eigenvalue weighted by molar-refractivity contribution is 5.32. The number of rotatable bonds is 16. The van der Waals surface area contributed by atoms with Gasteiger partial charge in [-0.1, -0.05) is 126 Å². The summed E-state index contributed by atoms with van der Waals surface area (Å²) in [7, 11) is 0. The fourth-order valence-corrected chi connectivity index (χ4v) is 5.55. The molecule has 34 heavy (non-hydrogen) atoms. The number of aryl methyl sites for hydroxylation is 1. The van der Waals surface area contributed by atoms with Gasteiger partial charge in [0.2, 0.25) is 0 Å². The molecule has 2 unspecified atom stereocenters. The zero-order chi connectivity index (χ0) is 24.1. The monoisotopic (exact) mass is 459 g/mol. The van der Waals surface area contributed by atoms with Gasteiger partial charge in [-0.05, 0) is 36.8 Å². The van der Waals surface area contributed by atoms with Crippen LogP contribution in [-0.4, -0.2) is 4.98 Å². The summed E-state index contributed by atoms with van der Waals surface area (Å²) >= 11 is 0. The van der Waals surface area contributed by atoms with Crippen LogP contribution in [0.4, 0.5) is 0 Å². The van der Waals surface area contributed by atoms with Crippen molar-refractivity contribution in [3.05, 3.63) is 90.0 Å². The predicted octanol–water partition coefficient (Wildman–Crippen LogP) is 8.53. The Morgan fingerprint density at radius 3 is 2.09 bits per heavy atom. The summed E-state index contributed by atoms with van der Waals surface area (Å²) in [6, 6.07) is 22.3. The molecule has 2 aromatic carbocycles. The fraction of sp³-hybridized carbons (Fsp3) is 0.531. The second-order valence-corrected chi connectivity index (χ2v) is 10.3. The van der Waals surface area contributed by atoms with Crippen molar-refractivity contribution in [3.8, 4) is 0 Å². The van der Waals surface area contributed by atoms with Crippen LogP contribution in [0, 0.1) is 0 Å². The van der Waals surface area contributed by atoms with Gasteiger partial charge in [-0.3, -0.25) is 0 Å². The quantitative estimate of drug-likeness (QED) is 0.164. The van der Waals surface area contributed by atoms with Gasteiger partial charge >= 0.3 is 0 Å². The Morgan fingerprint density at radius 1 is 0.765 bits per heavy atom. The molecular formula is C32H47N2+. The van der Waals surface area contributed by atoms with Crippen LogP contribution in [0.1, 0.15) is 108 Å². The molecule has 3 aromatic rings. The lowest BCUT2D eigenvalue weighted by Crippen LogP contribution is -2.43. The molecule has 1 aromatic heterocycles. The van der Waals surface area contributed by atoms with Gasteiger partial charge in [0.25, 0.3) is 5.82 Å². The zero-order valence-corrected chi connectivity index (χ0v) is 21.9. The summed E-state index contributed by atoms with van der Waals surface area (Å²) in [5.74, 6) is 1.85. The van der Waals surface area contributed by atoms with Crippen LogP contribution in [0.2, 0.25) is 0 Å². The molecule has 2 atom stereocenters. The summed E-state index contributed by atoms with van der Waals surface area (Å²) < 4.78 is 2.53. The Bertz CT molecular complexity index is 914.